The number of rotatable bonds is 5. The van der Waals surface area contributed by atoms with E-state index < -0.39 is 0 Å². The molecule has 1 aromatic carbocycles. The van der Waals surface area contributed by atoms with E-state index in [-0.39, 0.29) is 0 Å². The molecule has 6 heteroatoms. The van der Waals surface area contributed by atoms with Crippen molar-refractivity contribution in [3.63, 3.8) is 0 Å². The highest BCUT2D eigenvalue weighted by Crippen LogP contribution is 2.14. The van der Waals surface area contributed by atoms with Crippen LogP contribution in [0.25, 0.3) is 0 Å². The van der Waals surface area contributed by atoms with Crippen LogP contribution in [0.5, 0.6) is 0 Å². The van der Waals surface area contributed by atoms with Crippen molar-refractivity contribution >= 4 is 5.96 Å². The van der Waals surface area contributed by atoms with E-state index in [9.17, 15) is 0 Å². The summed E-state index contributed by atoms with van der Waals surface area (Å²) in [7, 11) is 3.82. The minimum Gasteiger partial charge on any atom is -0.354 e. The molecule has 2 heterocycles. The Labute approximate surface area is 162 Å². The van der Waals surface area contributed by atoms with Crippen LogP contribution in [-0.4, -0.2) is 46.8 Å². The molecule has 0 radical (unpaired) electrons. The van der Waals surface area contributed by atoms with E-state index in [4.69, 9.17) is 0 Å². The molecule has 0 amide bonds. The Morgan fingerprint density at radius 2 is 1.89 bits per heavy atom. The van der Waals surface area contributed by atoms with Crippen LogP contribution in [0, 0.1) is 13.8 Å². The second-order valence-corrected chi connectivity index (χ2v) is 7.38. The second-order valence-electron chi connectivity index (χ2n) is 7.38. The predicted molar refractivity (Wildman–Crippen MR) is 111 cm³/mol. The normalized spacial score (nSPS) is 16.5. The molecule has 2 N–H and O–H groups in total. The quantitative estimate of drug-likeness (QED) is 0.628. The number of nitrogens with one attached hydrogen (secondary N) is 2. The van der Waals surface area contributed by atoms with Gasteiger partial charge in [0.1, 0.15) is 0 Å². The van der Waals surface area contributed by atoms with Gasteiger partial charge in [-0.05, 0) is 32.3 Å². The van der Waals surface area contributed by atoms with Gasteiger partial charge in [0.25, 0.3) is 0 Å². The van der Waals surface area contributed by atoms with Gasteiger partial charge in [-0.3, -0.25) is 14.6 Å². The van der Waals surface area contributed by atoms with Gasteiger partial charge >= 0.3 is 0 Å². The fraction of sp³-hybridized carbons (Fsp3) is 0.524. The topological polar surface area (TPSA) is 57.5 Å². The van der Waals surface area contributed by atoms with Crippen molar-refractivity contribution in [2.75, 3.05) is 20.1 Å². The minimum absolute atomic E-state index is 0.472. The number of guanidine groups is 1. The first-order valence-corrected chi connectivity index (χ1v) is 9.79. The van der Waals surface area contributed by atoms with Crippen LogP contribution in [0.3, 0.4) is 0 Å². The summed E-state index contributed by atoms with van der Waals surface area (Å²) in [5.41, 5.74) is 4.92. The van der Waals surface area contributed by atoms with E-state index in [0.717, 1.165) is 50.7 Å². The Kier molecular flexibility index (Phi) is 6.50. The number of aliphatic imine (C=N–C) groups is 1. The van der Waals surface area contributed by atoms with Crippen molar-refractivity contribution in [2.24, 2.45) is 12.0 Å². The van der Waals surface area contributed by atoms with Crippen LogP contribution in [0.15, 0.2) is 35.3 Å². The summed E-state index contributed by atoms with van der Waals surface area (Å²) in [5.74, 6) is 0.874. The molecule has 1 aromatic heterocycles. The third kappa shape index (κ3) is 5.10. The zero-order chi connectivity index (χ0) is 19.2. The summed E-state index contributed by atoms with van der Waals surface area (Å²) < 4.78 is 1.94. The van der Waals surface area contributed by atoms with Gasteiger partial charge in [0.05, 0.1) is 5.69 Å². The van der Waals surface area contributed by atoms with Crippen LogP contribution < -0.4 is 10.6 Å². The SMILES string of the molecule is CN=C(NCc1c(C)nn(C)c1C)NC1CCN(Cc2ccccc2)CC1. The lowest BCUT2D eigenvalue weighted by Gasteiger charge is -2.33. The van der Waals surface area contributed by atoms with E-state index in [0.29, 0.717) is 6.04 Å². The Balaban J connectivity index is 1.45. The second kappa shape index (κ2) is 9.04. The molecule has 1 aliphatic rings. The third-order valence-electron chi connectivity index (χ3n) is 5.49. The fourth-order valence-corrected chi connectivity index (χ4v) is 3.71. The third-order valence-corrected chi connectivity index (χ3v) is 5.49. The molecule has 0 bridgehead atoms. The summed E-state index contributed by atoms with van der Waals surface area (Å²) in [6.07, 6.45) is 2.27. The molecule has 0 saturated carbocycles. The van der Waals surface area contributed by atoms with Crippen LogP contribution in [0.1, 0.15) is 35.4 Å². The maximum absolute atomic E-state index is 4.48. The zero-order valence-corrected chi connectivity index (χ0v) is 17.0. The number of aromatic nitrogens is 2. The highest BCUT2D eigenvalue weighted by molar-refractivity contribution is 5.80. The lowest BCUT2D eigenvalue weighted by atomic mass is 10.0. The number of nitrogens with zero attached hydrogens (tertiary/aromatic N) is 4. The van der Waals surface area contributed by atoms with Crippen LogP contribution in [0.4, 0.5) is 0 Å². The van der Waals surface area contributed by atoms with E-state index in [1.165, 1.54) is 16.8 Å². The molecule has 6 nitrogen and oxygen atoms in total. The zero-order valence-electron chi connectivity index (χ0n) is 17.0. The molecule has 0 unspecified atom stereocenters. The standard InChI is InChI=1S/C21H32N6/c1-16-20(17(2)26(4)25-16)14-23-21(22-3)24-19-10-12-27(13-11-19)15-18-8-6-5-7-9-18/h5-9,19H,10-15H2,1-4H3,(H2,22,23,24). The first kappa shape index (κ1) is 19.4. The Bertz CT molecular complexity index is 756. The van der Waals surface area contributed by atoms with Crippen molar-refractivity contribution < 1.29 is 0 Å². The molecule has 2 aromatic rings. The molecular weight excluding hydrogens is 336 g/mol. The van der Waals surface area contributed by atoms with Gasteiger partial charge in [-0.2, -0.15) is 5.10 Å². The smallest absolute Gasteiger partial charge is 0.191 e. The number of aryl methyl sites for hydroxylation is 2. The predicted octanol–water partition coefficient (Wildman–Crippen LogP) is 2.37. The molecular formula is C21H32N6. The van der Waals surface area contributed by atoms with Gasteiger partial charge in [-0.1, -0.05) is 30.3 Å². The van der Waals surface area contributed by atoms with Crippen LogP contribution in [0.2, 0.25) is 0 Å². The van der Waals surface area contributed by atoms with Gasteiger partial charge in [0.2, 0.25) is 0 Å². The van der Waals surface area contributed by atoms with Crippen LogP contribution in [-0.2, 0) is 20.1 Å². The fourth-order valence-electron chi connectivity index (χ4n) is 3.71. The summed E-state index contributed by atoms with van der Waals surface area (Å²) in [5, 5.41) is 11.5. The Morgan fingerprint density at radius 3 is 2.48 bits per heavy atom. The van der Waals surface area contributed by atoms with E-state index in [1.54, 1.807) is 0 Å². The van der Waals surface area contributed by atoms with E-state index in [2.05, 4.69) is 69.8 Å². The average Bonchev–Trinajstić information content (AvgIpc) is 2.93. The number of benzene rings is 1. The van der Waals surface area contributed by atoms with Crippen molar-refractivity contribution in [3.05, 3.63) is 52.8 Å². The first-order valence-electron chi connectivity index (χ1n) is 9.79. The van der Waals surface area contributed by atoms with E-state index in [1.807, 2.05) is 18.8 Å². The summed E-state index contributed by atoms with van der Waals surface area (Å²) in [6, 6.07) is 11.2. The Hall–Kier alpha value is -2.34. The van der Waals surface area contributed by atoms with Crippen molar-refractivity contribution in [3.8, 4) is 0 Å². The van der Waals surface area contributed by atoms with Gasteiger partial charge in [-0.25, -0.2) is 0 Å². The molecule has 1 fully saturated rings. The Morgan fingerprint density at radius 1 is 1.19 bits per heavy atom. The van der Waals surface area contributed by atoms with Gasteiger partial charge < -0.3 is 10.6 Å². The number of hydrogen-bond donors (Lipinski definition) is 2. The monoisotopic (exact) mass is 368 g/mol. The van der Waals surface area contributed by atoms with Crippen molar-refractivity contribution in [1.82, 2.24) is 25.3 Å². The van der Waals surface area contributed by atoms with Gasteiger partial charge in [-0.15, -0.1) is 0 Å². The van der Waals surface area contributed by atoms with Gasteiger partial charge in [0.15, 0.2) is 5.96 Å². The maximum Gasteiger partial charge on any atom is 0.191 e. The van der Waals surface area contributed by atoms with Crippen LogP contribution >= 0.6 is 0 Å². The van der Waals surface area contributed by atoms with Crippen molar-refractivity contribution in [2.45, 2.75) is 45.8 Å². The lowest BCUT2D eigenvalue weighted by molar-refractivity contribution is 0.198. The minimum atomic E-state index is 0.472. The van der Waals surface area contributed by atoms with E-state index >= 15 is 0 Å². The molecule has 0 aliphatic carbocycles. The molecule has 3 rings (SSSR count). The molecule has 0 spiro atoms. The molecule has 0 atom stereocenters. The average molecular weight is 369 g/mol. The summed E-state index contributed by atoms with van der Waals surface area (Å²) in [4.78, 5) is 6.94. The summed E-state index contributed by atoms with van der Waals surface area (Å²) in [6.45, 7) is 8.19. The summed E-state index contributed by atoms with van der Waals surface area (Å²) >= 11 is 0. The molecule has 27 heavy (non-hydrogen) atoms. The van der Waals surface area contributed by atoms with Gasteiger partial charge in [0, 0.05) is 57.6 Å². The number of hydrogen-bond acceptors (Lipinski definition) is 3. The number of piperidine rings is 1. The molecule has 146 valence electrons. The van der Waals surface area contributed by atoms with Crippen molar-refractivity contribution in [1.29, 1.82) is 0 Å². The molecule has 1 saturated heterocycles. The first-order chi connectivity index (χ1) is 13.1. The largest absolute Gasteiger partial charge is 0.354 e. The highest BCUT2D eigenvalue weighted by Gasteiger charge is 2.20. The highest BCUT2D eigenvalue weighted by atomic mass is 15.3. The number of likely N-dealkylation sites (tertiary alicyclic amines) is 1. The molecule has 1 aliphatic heterocycles. The maximum atomic E-state index is 4.48. The lowest BCUT2D eigenvalue weighted by Crippen LogP contribution is -2.48.